The van der Waals surface area contributed by atoms with Crippen LogP contribution in [-0.2, 0) is 19.6 Å². The first-order valence-electron chi connectivity index (χ1n) is 10.3. The van der Waals surface area contributed by atoms with Crippen molar-refractivity contribution < 1.29 is 18.0 Å². The van der Waals surface area contributed by atoms with Gasteiger partial charge in [-0.15, -0.1) is 0 Å². The molecule has 0 amide bonds. The number of piperidine rings is 1. The van der Waals surface area contributed by atoms with Gasteiger partial charge in [0.15, 0.2) is 5.78 Å². The van der Waals surface area contributed by atoms with E-state index in [1.807, 2.05) is 32.9 Å². The number of sulfonamides is 1. The van der Waals surface area contributed by atoms with Crippen LogP contribution in [0.1, 0.15) is 60.8 Å². The van der Waals surface area contributed by atoms with Gasteiger partial charge in [0, 0.05) is 25.4 Å². The molecule has 6 heteroatoms. The molecule has 2 atom stereocenters. The van der Waals surface area contributed by atoms with Gasteiger partial charge < -0.3 is 0 Å². The Balaban J connectivity index is 1.69. The topological polar surface area (TPSA) is 71.5 Å². The molecule has 1 aromatic carbocycles. The monoisotopic (exact) mass is 405 g/mol. The van der Waals surface area contributed by atoms with Crippen LogP contribution < -0.4 is 0 Å². The predicted octanol–water partition coefficient (Wildman–Crippen LogP) is 3.31. The molecular weight excluding hydrogens is 374 g/mol. The number of nitrogens with zero attached hydrogens (tertiary/aromatic N) is 1. The van der Waals surface area contributed by atoms with Crippen molar-refractivity contribution in [2.75, 3.05) is 18.8 Å². The minimum atomic E-state index is -3.14. The maximum absolute atomic E-state index is 13.1. The lowest BCUT2D eigenvalue weighted by molar-refractivity contribution is -0.125. The third kappa shape index (κ3) is 4.08. The standard InChI is InChI=1S/C22H31NO4S/c1-5-28(26,27)23-8-6-17(7-9-23)12-18-13-19(24)21(22(18)25)20-15(3)10-14(2)11-16(20)4/h10-11,17-18,21H,5-9,12-13H2,1-4H3. The average Bonchev–Trinajstić information content (AvgIpc) is 2.89. The van der Waals surface area contributed by atoms with E-state index in [4.69, 9.17) is 0 Å². The molecule has 1 aliphatic carbocycles. The second-order valence-electron chi connectivity index (χ2n) is 8.49. The van der Waals surface area contributed by atoms with Crippen molar-refractivity contribution in [3.63, 3.8) is 0 Å². The zero-order valence-corrected chi connectivity index (χ0v) is 18.1. The van der Waals surface area contributed by atoms with Gasteiger partial charge >= 0.3 is 0 Å². The molecular formula is C22H31NO4S. The highest BCUT2D eigenvalue weighted by atomic mass is 32.2. The lowest BCUT2D eigenvalue weighted by Crippen LogP contribution is -2.39. The van der Waals surface area contributed by atoms with Crippen molar-refractivity contribution >= 4 is 21.6 Å². The van der Waals surface area contributed by atoms with Gasteiger partial charge in [-0.3, -0.25) is 9.59 Å². The molecule has 0 N–H and O–H groups in total. The third-order valence-corrected chi connectivity index (χ3v) is 8.31. The molecule has 0 aromatic heterocycles. The van der Waals surface area contributed by atoms with Gasteiger partial charge in [0.05, 0.1) is 5.75 Å². The fourth-order valence-electron chi connectivity index (χ4n) is 5.01. The van der Waals surface area contributed by atoms with Crippen molar-refractivity contribution in [3.8, 4) is 0 Å². The minimum absolute atomic E-state index is 0.0380. The number of hydrogen-bond acceptors (Lipinski definition) is 4. The maximum atomic E-state index is 13.1. The maximum Gasteiger partial charge on any atom is 0.213 e. The van der Waals surface area contributed by atoms with Gasteiger partial charge in [0.25, 0.3) is 0 Å². The van der Waals surface area contributed by atoms with E-state index in [1.54, 1.807) is 11.2 Å². The largest absolute Gasteiger partial charge is 0.298 e. The Hall–Kier alpha value is -1.53. The van der Waals surface area contributed by atoms with E-state index >= 15 is 0 Å². The lowest BCUT2D eigenvalue weighted by Gasteiger charge is -2.31. The molecule has 1 saturated heterocycles. The zero-order chi connectivity index (χ0) is 20.6. The predicted molar refractivity (Wildman–Crippen MR) is 110 cm³/mol. The summed E-state index contributed by atoms with van der Waals surface area (Å²) in [6.45, 7) is 8.69. The van der Waals surface area contributed by atoms with Crippen LogP contribution in [0.5, 0.6) is 0 Å². The second kappa shape index (κ2) is 8.07. The number of Topliss-reactive ketones (excluding diaryl/α,β-unsaturated/α-hetero) is 2. The Morgan fingerprint density at radius 1 is 1.04 bits per heavy atom. The number of hydrogen-bond donors (Lipinski definition) is 0. The molecule has 2 fully saturated rings. The van der Waals surface area contributed by atoms with Crippen LogP contribution in [0.4, 0.5) is 0 Å². The molecule has 1 heterocycles. The van der Waals surface area contributed by atoms with Crippen LogP contribution in [0, 0.1) is 32.6 Å². The Kier molecular flexibility index (Phi) is 6.11. The number of rotatable bonds is 5. The summed E-state index contributed by atoms with van der Waals surface area (Å²) in [7, 11) is -3.14. The summed E-state index contributed by atoms with van der Waals surface area (Å²) in [6.07, 6.45) is 2.56. The van der Waals surface area contributed by atoms with Gasteiger partial charge in [-0.25, -0.2) is 12.7 Å². The van der Waals surface area contributed by atoms with Gasteiger partial charge in [0.1, 0.15) is 11.7 Å². The number of carbonyl (C=O) groups excluding carboxylic acids is 2. The van der Waals surface area contributed by atoms with Gasteiger partial charge in [-0.1, -0.05) is 17.7 Å². The highest BCUT2D eigenvalue weighted by Crippen LogP contribution is 2.40. The van der Waals surface area contributed by atoms with E-state index < -0.39 is 15.9 Å². The molecule has 1 saturated carbocycles. The third-order valence-electron chi connectivity index (χ3n) is 6.43. The summed E-state index contributed by atoms with van der Waals surface area (Å²) in [4.78, 5) is 25.9. The van der Waals surface area contributed by atoms with Crippen molar-refractivity contribution in [3.05, 3.63) is 34.4 Å². The van der Waals surface area contributed by atoms with E-state index in [1.165, 1.54) is 0 Å². The van der Waals surface area contributed by atoms with E-state index in [9.17, 15) is 18.0 Å². The number of aryl methyl sites for hydroxylation is 3. The van der Waals surface area contributed by atoms with Crippen LogP contribution in [0.15, 0.2) is 12.1 Å². The molecule has 154 valence electrons. The Morgan fingerprint density at radius 3 is 2.14 bits per heavy atom. The fraction of sp³-hybridized carbons (Fsp3) is 0.636. The fourth-order valence-corrected chi connectivity index (χ4v) is 6.15. The SMILES string of the molecule is CCS(=O)(=O)N1CCC(CC2CC(=O)C(c3c(C)cc(C)cc3C)C2=O)CC1. The molecule has 3 rings (SSSR count). The first kappa shape index (κ1) is 21.2. The molecule has 5 nitrogen and oxygen atoms in total. The Bertz CT molecular complexity index is 859. The molecule has 0 bridgehead atoms. The second-order valence-corrected chi connectivity index (χ2v) is 10.8. The van der Waals surface area contributed by atoms with E-state index in [0.717, 1.165) is 35.1 Å². The number of benzene rings is 1. The molecule has 0 spiro atoms. The van der Waals surface area contributed by atoms with E-state index in [-0.39, 0.29) is 23.2 Å². The Labute approximate surface area is 168 Å². The van der Waals surface area contributed by atoms with Gasteiger partial charge in [0.2, 0.25) is 10.0 Å². The minimum Gasteiger partial charge on any atom is -0.298 e. The van der Waals surface area contributed by atoms with Crippen molar-refractivity contribution in [1.29, 1.82) is 0 Å². The summed E-state index contributed by atoms with van der Waals surface area (Å²) < 4.78 is 25.6. The smallest absolute Gasteiger partial charge is 0.213 e. The van der Waals surface area contributed by atoms with Crippen molar-refractivity contribution in [2.24, 2.45) is 11.8 Å². The molecule has 2 unspecified atom stereocenters. The number of ketones is 2. The quantitative estimate of drug-likeness (QED) is 0.705. The van der Waals surface area contributed by atoms with Crippen molar-refractivity contribution in [1.82, 2.24) is 4.31 Å². The molecule has 1 aromatic rings. The highest BCUT2D eigenvalue weighted by Gasteiger charge is 2.44. The average molecular weight is 406 g/mol. The van der Waals surface area contributed by atoms with Crippen LogP contribution in [0.3, 0.4) is 0 Å². The van der Waals surface area contributed by atoms with E-state index in [2.05, 4.69) is 0 Å². The summed E-state index contributed by atoms with van der Waals surface area (Å²) in [6, 6.07) is 4.08. The van der Waals surface area contributed by atoms with Gasteiger partial charge in [-0.05, 0) is 69.6 Å². The van der Waals surface area contributed by atoms with Gasteiger partial charge in [-0.2, -0.15) is 0 Å². The summed E-state index contributed by atoms with van der Waals surface area (Å²) in [5.41, 5.74) is 4.07. The first-order valence-corrected chi connectivity index (χ1v) is 11.9. The number of carbonyl (C=O) groups is 2. The summed E-state index contributed by atoms with van der Waals surface area (Å²) in [5, 5.41) is 0. The molecule has 2 aliphatic rings. The van der Waals surface area contributed by atoms with Crippen molar-refractivity contribution in [2.45, 2.75) is 59.3 Å². The lowest BCUT2D eigenvalue weighted by atomic mass is 9.83. The van der Waals surface area contributed by atoms with Crippen LogP contribution in [-0.4, -0.2) is 43.1 Å². The molecule has 1 aliphatic heterocycles. The first-order chi connectivity index (χ1) is 13.1. The highest BCUT2D eigenvalue weighted by molar-refractivity contribution is 7.89. The Morgan fingerprint density at radius 2 is 1.61 bits per heavy atom. The molecule has 0 radical (unpaired) electrons. The molecule has 28 heavy (non-hydrogen) atoms. The summed E-state index contributed by atoms with van der Waals surface area (Å²) in [5.74, 6) is -0.309. The van der Waals surface area contributed by atoms with Crippen LogP contribution >= 0.6 is 0 Å². The van der Waals surface area contributed by atoms with Crippen LogP contribution in [0.2, 0.25) is 0 Å². The van der Waals surface area contributed by atoms with Crippen LogP contribution in [0.25, 0.3) is 0 Å². The normalized spacial score (nSPS) is 24.9. The zero-order valence-electron chi connectivity index (χ0n) is 17.3. The summed E-state index contributed by atoms with van der Waals surface area (Å²) >= 11 is 0. The van der Waals surface area contributed by atoms with E-state index in [0.29, 0.717) is 31.8 Å².